The Kier molecular flexibility index (Phi) is 4.58. The fourth-order valence-electron chi connectivity index (χ4n) is 2.50. The predicted molar refractivity (Wildman–Crippen MR) is 77.4 cm³/mol. The first kappa shape index (κ1) is 14.1. The molecule has 1 aromatic heterocycles. The van der Waals surface area contributed by atoms with E-state index in [2.05, 4.69) is 28.7 Å². The van der Waals surface area contributed by atoms with E-state index in [1.165, 1.54) is 0 Å². The Morgan fingerprint density at radius 1 is 1.26 bits per heavy atom. The van der Waals surface area contributed by atoms with Crippen LogP contribution in [0.15, 0.2) is 0 Å². The molecule has 0 aromatic carbocycles. The number of aryl methyl sites for hydroxylation is 1. The zero-order valence-corrected chi connectivity index (χ0v) is 12.1. The lowest BCUT2D eigenvalue weighted by Crippen LogP contribution is -2.38. The molecule has 5 heteroatoms. The molecule has 0 atom stereocenters. The van der Waals surface area contributed by atoms with Crippen molar-refractivity contribution in [3.05, 3.63) is 11.4 Å². The second-order valence-electron chi connectivity index (χ2n) is 4.97. The fourth-order valence-corrected chi connectivity index (χ4v) is 2.50. The van der Waals surface area contributed by atoms with Gasteiger partial charge in [0.15, 0.2) is 0 Å². The number of ether oxygens (including phenoxy) is 1. The van der Waals surface area contributed by atoms with Gasteiger partial charge in [0.2, 0.25) is 0 Å². The van der Waals surface area contributed by atoms with E-state index in [1.54, 1.807) is 0 Å². The highest BCUT2D eigenvalue weighted by atomic mass is 16.5. The molecule has 5 nitrogen and oxygen atoms in total. The van der Waals surface area contributed by atoms with Crippen molar-refractivity contribution in [3.63, 3.8) is 0 Å². The fraction of sp³-hybridized carbons (Fsp3) is 0.714. The van der Waals surface area contributed by atoms with Gasteiger partial charge in [-0.1, -0.05) is 6.92 Å². The topological polar surface area (TPSA) is 64.3 Å². The van der Waals surface area contributed by atoms with Crippen LogP contribution in [0.25, 0.3) is 0 Å². The van der Waals surface area contributed by atoms with E-state index in [1.807, 2.05) is 6.92 Å². The van der Waals surface area contributed by atoms with E-state index in [4.69, 9.17) is 10.5 Å². The van der Waals surface area contributed by atoms with Crippen molar-refractivity contribution in [1.82, 2.24) is 9.97 Å². The number of nitrogens with two attached hydrogens (primary N) is 1. The van der Waals surface area contributed by atoms with Crippen LogP contribution in [0, 0.1) is 6.92 Å². The average molecular weight is 264 g/mol. The maximum Gasteiger partial charge on any atom is 0.137 e. The van der Waals surface area contributed by atoms with E-state index in [9.17, 15) is 0 Å². The van der Waals surface area contributed by atoms with Crippen LogP contribution < -0.4 is 10.6 Å². The summed E-state index contributed by atoms with van der Waals surface area (Å²) in [7, 11) is 0. The zero-order valence-electron chi connectivity index (χ0n) is 12.1. The highest BCUT2D eigenvalue weighted by molar-refractivity contribution is 5.56. The van der Waals surface area contributed by atoms with Gasteiger partial charge in [0.05, 0.1) is 6.10 Å². The van der Waals surface area contributed by atoms with Crippen LogP contribution in [0.4, 0.5) is 11.6 Å². The number of nitrogen functional groups attached to an aromatic ring is 1. The summed E-state index contributed by atoms with van der Waals surface area (Å²) < 4.78 is 5.68. The van der Waals surface area contributed by atoms with Crippen molar-refractivity contribution >= 4 is 11.6 Å². The number of anilines is 2. The molecule has 2 rings (SSSR count). The summed E-state index contributed by atoms with van der Waals surface area (Å²) in [6.07, 6.45) is 3.32. The molecule has 0 radical (unpaired) electrons. The van der Waals surface area contributed by atoms with Gasteiger partial charge in [-0.05, 0) is 26.7 Å². The van der Waals surface area contributed by atoms with Gasteiger partial charge in [0.1, 0.15) is 17.5 Å². The Balaban J connectivity index is 2.12. The monoisotopic (exact) mass is 264 g/mol. The molecule has 2 N–H and O–H groups in total. The molecule has 19 heavy (non-hydrogen) atoms. The minimum Gasteiger partial charge on any atom is -0.383 e. The first-order valence-electron chi connectivity index (χ1n) is 7.15. The van der Waals surface area contributed by atoms with E-state index in [0.29, 0.717) is 11.9 Å². The van der Waals surface area contributed by atoms with Gasteiger partial charge in [0, 0.05) is 31.7 Å². The largest absolute Gasteiger partial charge is 0.383 e. The van der Waals surface area contributed by atoms with Crippen molar-refractivity contribution in [2.75, 3.05) is 30.3 Å². The summed E-state index contributed by atoms with van der Waals surface area (Å²) in [5, 5.41) is 0. The van der Waals surface area contributed by atoms with Crippen molar-refractivity contribution in [1.29, 1.82) is 0 Å². The standard InChI is InChI=1S/C14H24N4O/c1-4-12-16-13(15)10(3)14(17-12)18-8-6-11(7-9-18)19-5-2/h11H,4-9H2,1-3H3,(H2,15,16,17). The van der Waals surface area contributed by atoms with Crippen LogP contribution in [0.5, 0.6) is 0 Å². The van der Waals surface area contributed by atoms with Gasteiger partial charge in [0.25, 0.3) is 0 Å². The Hall–Kier alpha value is -1.36. The SMILES string of the molecule is CCOC1CCN(c2nc(CC)nc(N)c2C)CC1. The van der Waals surface area contributed by atoms with Crippen molar-refractivity contribution < 1.29 is 4.74 Å². The van der Waals surface area contributed by atoms with Crippen LogP contribution in [-0.4, -0.2) is 35.8 Å². The van der Waals surface area contributed by atoms with Crippen LogP contribution >= 0.6 is 0 Å². The van der Waals surface area contributed by atoms with Crippen molar-refractivity contribution in [3.8, 4) is 0 Å². The van der Waals surface area contributed by atoms with E-state index in [0.717, 1.165) is 56.2 Å². The maximum absolute atomic E-state index is 5.98. The molecule has 1 fully saturated rings. The van der Waals surface area contributed by atoms with Crippen molar-refractivity contribution in [2.45, 2.75) is 46.1 Å². The normalized spacial score (nSPS) is 16.9. The third kappa shape index (κ3) is 3.15. The molecule has 0 amide bonds. The molecule has 0 saturated carbocycles. The predicted octanol–water partition coefficient (Wildman–Crippen LogP) is 1.93. The number of aromatic nitrogens is 2. The Morgan fingerprint density at radius 2 is 1.95 bits per heavy atom. The molecule has 1 aromatic rings. The molecule has 106 valence electrons. The summed E-state index contributed by atoms with van der Waals surface area (Å²) in [5.74, 6) is 2.43. The molecule has 0 bridgehead atoms. The third-order valence-corrected chi connectivity index (χ3v) is 3.66. The minimum absolute atomic E-state index is 0.395. The van der Waals surface area contributed by atoms with Gasteiger partial charge in [-0.15, -0.1) is 0 Å². The van der Waals surface area contributed by atoms with Gasteiger partial charge in [-0.25, -0.2) is 9.97 Å². The van der Waals surface area contributed by atoms with Gasteiger partial charge in [-0.3, -0.25) is 0 Å². The third-order valence-electron chi connectivity index (χ3n) is 3.66. The Morgan fingerprint density at radius 3 is 2.53 bits per heavy atom. The summed E-state index contributed by atoms with van der Waals surface area (Å²) >= 11 is 0. The maximum atomic E-state index is 5.98. The molecule has 1 aliphatic rings. The molecule has 0 spiro atoms. The lowest BCUT2D eigenvalue weighted by atomic mass is 10.1. The second kappa shape index (κ2) is 6.19. The van der Waals surface area contributed by atoms with Gasteiger partial charge >= 0.3 is 0 Å². The summed E-state index contributed by atoms with van der Waals surface area (Å²) in [6.45, 7) is 8.85. The second-order valence-corrected chi connectivity index (χ2v) is 4.97. The highest BCUT2D eigenvalue weighted by Gasteiger charge is 2.22. The van der Waals surface area contributed by atoms with E-state index >= 15 is 0 Å². The van der Waals surface area contributed by atoms with Crippen LogP contribution in [0.2, 0.25) is 0 Å². The quantitative estimate of drug-likeness (QED) is 0.900. The number of hydrogen-bond acceptors (Lipinski definition) is 5. The molecule has 1 aliphatic heterocycles. The summed E-state index contributed by atoms with van der Waals surface area (Å²) in [5.41, 5.74) is 6.97. The van der Waals surface area contributed by atoms with Gasteiger partial charge in [-0.2, -0.15) is 0 Å². The summed E-state index contributed by atoms with van der Waals surface area (Å²) in [6, 6.07) is 0. The number of rotatable bonds is 4. The van der Waals surface area contributed by atoms with Crippen LogP contribution in [0.3, 0.4) is 0 Å². The number of nitrogens with zero attached hydrogens (tertiary/aromatic N) is 3. The summed E-state index contributed by atoms with van der Waals surface area (Å²) in [4.78, 5) is 11.3. The molecular formula is C14H24N4O. The minimum atomic E-state index is 0.395. The van der Waals surface area contributed by atoms with Gasteiger partial charge < -0.3 is 15.4 Å². The molecule has 1 saturated heterocycles. The Bertz CT molecular complexity index is 428. The van der Waals surface area contributed by atoms with E-state index in [-0.39, 0.29) is 0 Å². The lowest BCUT2D eigenvalue weighted by molar-refractivity contribution is 0.0458. The highest BCUT2D eigenvalue weighted by Crippen LogP contribution is 2.25. The molecule has 2 heterocycles. The first-order valence-corrected chi connectivity index (χ1v) is 7.15. The number of piperidine rings is 1. The molecule has 0 unspecified atom stereocenters. The average Bonchev–Trinajstić information content (AvgIpc) is 2.43. The number of hydrogen-bond donors (Lipinski definition) is 1. The van der Waals surface area contributed by atoms with Crippen molar-refractivity contribution in [2.24, 2.45) is 0 Å². The smallest absolute Gasteiger partial charge is 0.137 e. The molecular weight excluding hydrogens is 240 g/mol. The van der Waals surface area contributed by atoms with Crippen LogP contribution in [-0.2, 0) is 11.2 Å². The lowest BCUT2D eigenvalue weighted by Gasteiger charge is -2.33. The molecule has 0 aliphatic carbocycles. The first-order chi connectivity index (χ1) is 9.15. The van der Waals surface area contributed by atoms with Crippen LogP contribution in [0.1, 0.15) is 38.1 Å². The Labute approximate surface area is 115 Å². The zero-order chi connectivity index (χ0) is 13.8. The van der Waals surface area contributed by atoms with E-state index < -0.39 is 0 Å².